The van der Waals surface area contributed by atoms with E-state index in [0.29, 0.717) is 0 Å². The van der Waals surface area contributed by atoms with Gasteiger partial charge in [0, 0.05) is 56.1 Å². The van der Waals surface area contributed by atoms with Crippen LogP contribution in [0, 0.1) is 21.4 Å². The summed E-state index contributed by atoms with van der Waals surface area (Å²) in [5, 5.41) is 66.3. The van der Waals surface area contributed by atoms with Gasteiger partial charge in [-0.25, -0.2) is 0 Å². The van der Waals surface area contributed by atoms with Crippen molar-refractivity contribution in [3.05, 3.63) is 43.7 Å². The van der Waals surface area contributed by atoms with Crippen LogP contribution in [0.1, 0.15) is 41.4 Å². The summed E-state index contributed by atoms with van der Waals surface area (Å²) in [6.07, 6.45) is -1.29. The zero-order valence-corrected chi connectivity index (χ0v) is 44.4. The topological polar surface area (TPSA) is 279 Å². The number of methoxy groups -OCH3 is 1. The van der Waals surface area contributed by atoms with Crippen LogP contribution in [-0.2, 0) is 14.3 Å². The summed E-state index contributed by atoms with van der Waals surface area (Å²) in [5.41, 5.74) is -0.237. The van der Waals surface area contributed by atoms with Crippen molar-refractivity contribution < 1.29 is 64.1 Å². The van der Waals surface area contributed by atoms with E-state index >= 15 is 0 Å². The van der Waals surface area contributed by atoms with Crippen molar-refractivity contribution in [1.82, 2.24) is 20.4 Å². The van der Waals surface area contributed by atoms with E-state index in [9.17, 15) is 59.4 Å². The molecule has 0 radical (unpaired) electrons. The molecule has 59 heavy (non-hydrogen) atoms. The maximum Gasteiger partial charge on any atom is 0.256 e. The Morgan fingerprint density at radius 1 is 0.678 bits per heavy atom. The number of hydrogen-bond donors (Lipinski definition) is 9. The third-order valence-electron chi connectivity index (χ3n) is 8.05. The molecule has 19 nitrogen and oxygen atoms in total. The lowest BCUT2D eigenvalue weighted by molar-refractivity contribution is -0.119. The van der Waals surface area contributed by atoms with E-state index in [0.717, 1.165) is 14.7 Å². The zero-order chi connectivity index (χ0) is 44.7. The number of benzene rings is 2. The molecule has 0 aliphatic heterocycles. The fourth-order valence-corrected chi connectivity index (χ4v) is 14.5. The van der Waals surface area contributed by atoms with Gasteiger partial charge in [0.2, 0.25) is 11.8 Å². The molecule has 0 saturated carbocycles. The Hall–Kier alpha value is -0.480. The second kappa shape index (κ2) is 27.0. The second-order valence-corrected chi connectivity index (χ2v) is 18.5. The molecule has 9 N–H and O–H groups in total. The molecule has 2 rings (SSSR count). The lowest BCUT2D eigenvalue weighted by atomic mass is 10.0. The molecule has 1 atom stereocenters. The molecule has 5 amide bonds. The van der Waals surface area contributed by atoms with Gasteiger partial charge in [0.05, 0.1) is 91.0 Å². The highest BCUT2D eigenvalue weighted by Gasteiger charge is 2.37. The van der Waals surface area contributed by atoms with Crippen LogP contribution in [0.2, 0.25) is 0 Å². The minimum absolute atomic E-state index is 0.0204. The maximum absolute atomic E-state index is 14.8. The molecule has 2 aromatic rings. The molecule has 0 heterocycles. The number of Topliss-reactive ketones (excluding diaryl/α,β-unsaturated/α-hetero) is 1. The number of ketones is 1. The number of anilines is 2. The monoisotopic (exact) mass is 1500 g/mol. The largest absolute Gasteiger partial charge is 0.395 e. The van der Waals surface area contributed by atoms with Crippen LogP contribution in [0.3, 0.4) is 0 Å². The van der Waals surface area contributed by atoms with Crippen LogP contribution in [0.5, 0.6) is 0 Å². The number of amides is 5. The number of aliphatic hydroxyl groups excluding tert-OH is 6. The minimum atomic E-state index is -1.29. The lowest BCUT2D eigenvalue weighted by Crippen LogP contribution is -2.44. The number of nitrogens with zero attached hydrogens (tertiary/aromatic N) is 3. The van der Waals surface area contributed by atoms with E-state index in [1.807, 2.05) is 113 Å². The average molecular weight is 1500 g/mol. The number of hydrogen-bond acceptors (Lipinski definition) is 14. The Kier molecular flexibility index (Phi) is 25.0. The first kappa shape index (κ1) is 54.7. The van der Waals surface area contributed by atoms with E-state index in [4.69, 9.17) is 4.74 Å². The Balaban J connectivity index is 3.10. The molecule has 0 saturated heterocycles. The van der Waals surface area contributed by atoms with Crippen LogP contribution < -0.4 is 20.9 Å². The first-order valence-corrected chi connectivity index (χ1v) is 23.7. The highest BCUT2D eigenvalue weighted by atomic mass is 127. The molecule has 0 fully saturated rings. The third kappa shape index (κ3) is 14.0. The SMILES string of the molecule is CNCC(=O)N(CC(=O)c1c(I)c(NC(=O)COC)c(I)c(C(=O)NCC(O)CO)c1I)c1c(I)c(C(=O)N(CCO)CCO)c(I)c(C(=O)N(CCO)CCO)c1I. The normalized spacial score (nSPS) is 11.6. The average Bonchev–Trinajstić information content (AvgIpc) is 3.18. The molecule has 2 aromatic carbocycles. The van der Waals surface area contributed by atoms with Gasteiger partial charge in [0.25, 0.3) is 17.7 Å². The van der Waals surface area contributed by atoms with Crippen molar-refractivity contribution in [1.29, 1.82) is 0 Å². The number of carbonyl (C=O) groups excluding carboxylic acids is 6. The molecule has 328 valence electrons. The van der Waals surface area contributed by atoms with Crippen molar-refractivity contribution in [3.63, 3.8) is 0 Å². The standard InChI is InChI=1S/C34H42I6N6O13/c1-41-12-19(55)46(13-17(53)20-24(35)21(32(56)42-11-16(52)14-51)27(38)30(26(20)37)43-18(54)15-59-2)31-28(39)22(33(57)44(3-7-47)4-8-48)25(36)23(29(31)40)34(58)45(5-9-49)6-10-50/h16,41,47-52H,3-15H2,1-2H3,(H,42,56)(H,43,54). The first-order valence-electron chi connectivity index (χ1n) is 17.2. The molecule has 0 aliphatic carbocycles. The van der Waals surface area contributed by atoms with Crippen molar-refractivity contribution in [2.75, 3.05) is 110 Å². The first-order chi connectivity index (χ1) is 27.9. The highest BCUT2D eigenvalue weighted by molar-refractivity contribution is 14.1. The third-order valence-corrected chi connectivity index (χ3v) is 14.5. The highest BCUT2D eigenvalue weighted by Crippen LogP contribution is 2.41. The van der Waals surface area contributed by atoms with Gasteiger partial charge in [-0.3, -0.25) is 28.8 Å². The Morgan fingerprint density at radius 3 is 1.56 bits per heavy atom. The van der Waals surface area contributed by atoms with Crippen molar-refractivity contribution in [3.8, 4) is 0 Å². The number of carbonyl (C=O) groups is 6. The van der Waals surface area contributed by atoms with E-state index in [-0.39, 0.29) is 101 Å². The van der Waals surface area contributed by atoms with Gasteiger partial charge in [0.15, 0.2) is 5.78 Å². The van der Waals surface area contributed by atoms with Crippen molar-refractivity contribution in [2.45, 2.75) is 6.10 Å². The Labute approximate surface area is 421 Å². The summed E-state index contributed by atoms with van der Waals surface area (Å²) >= 11 is 11.0. The molecular weight excluding hydrogens is 1460 g/mol. The summed E-state index contributed by atoms with van der Waals surface area (Å²) in [6.45, 7) is -5.06. The van der Waals surface area contributed by atoms with Crippen LogP contribution in [0.25, 0.3) is 0 Å². The van der Waals surface area contributed by atoms with Crippen molar-refractivity contribution in [2.24, 2.45) is 0 Å². The van der Waals surface area contributed by atoms with Crippen molar-refractivity contribution >= 4 is 182 Å². The summed E-state index contributed by atoms with van der Waals surface area (Å²) in [7, 11) is 2.80. The predicted molar refractivity (Wildman–Crippen MR) is 266 cm³/mol. The Morgan fingerprint density at radius 2 is 1.14 bits per heavy atom. The van der Waals surface area contributed by atoms with Crippen LogP contribution in [0.15, 0.2) is 0 Å². The fourth-order valence-electron chi connectivity index (χ4n) is 5.34. The number of rotatable bonds is 23. The predicted octanol–water partition coefficient (Wildman–Crippen LogP) is 0.271. The van der Waals surface area contributed by atoms with E-state index in [1.165, 1.54) is 14.2 Å². The van der Waals surface area contributed by atoms with Gasteiger partial charge in [-0.15, -0.1) is 0 Å². The molecule has 0 aliphatic rings. The van der Waals surface area contributed by atoms with Crippen LogP contribution in [0.4, 0.5) is 11.4 Å². The summed E-state index contributed by atoms with van der Waals surface area (Å²) < 4.78 is 5.90. The quantitative estimate of drug-likeness (QED) is 0.0534. The molecule has 1 unspecified atom stereocenters. The van der Waals surface area contributed by atoms with E-state index in [2.05, 4.69) is 16.0 Å². The van der Waals surface area contributed by atoms with Gasteiger partial charge < -0.3 is 66.0 Å². The van der Waals surface area contributed by atoms with Gasteiger partial charge in [0.1, 0.15) is 6.61 Å². The smallest absolute Gasteiger partial charge is 0.256 e. The lowest BCUT2D eigenvalue weighted by Gasteiger charge is -2.31. The second-order valence-electron chi connectivity index (χ2n) is 12.0. The Bertz CT molecular complexity index is 1830. The van der Waals surface area contributed by atoms with Gasteiger partial charge >= 0.3 is 0 Å². The maximum atomic E-state index is 14.8. The molecule has 0 aromatic heterocycles. The van der Waals surface area contributed by atoms with E-state index < -0.39 is 81.0 Å². The van der Waals surface area contributed by atoms with Gasteiger partial charge in [-0.2, -0.15) is 0 Å². The number of ether oxygens (including phenoxy) is 1. The summed E-state index contributed by atoms with van der Waals surface area (Å²) in [6, 6.07) is 0. The summed E-state index contributed by atoms with van der Waals surface area (Å²) in [4.78, 5) is 87.4. The van der Waals surface area contributed by atoms with E-state index in [1.54, 1.807) is 22.6 Å². The fraction of sp³-hybridized carbons (Fsp3) is 0.471. The molecular formula is C34H42I6N6O13. The van der Waals surface area contributed by atoms with Gasteiger partial charge in [-0.1, -0.05) is 0 Å². The van der Waals surface area contributed by atoms with Crippen LogP contribution in [-0.4, -0.2) is 181 Å². The van der Waals surface area contributed by atoms with Gasteiger partial charge in [-0.05, 0) is 143 Å². The zero-order valence-electron chi connectivity index (χ0n) is 31.4. The number of halogens is 6. The minimum Gasteiger partial charge on any atom is -0.395 e. The molecule has 0 bridgehead atoms. The molecule has 0 spiro atoms. The number of likely N-dealkylation sites (N-methyl/N-ethyl adjacent to an activating group) is 1. The summed E-state index contributed by atoms with van der Waals surface area (Å²) in [5.74, 6) is -4.20. The number of aliphatic hydroxyl groups is 6. The number of nitrogens with one attached hydrogen (secondary N) is 3. The molecule has 25 heteroatoms. The van der Waals surface area contributed by atoms with Crippen LogP contribution >= 0.6 is 136 Å².